The van der Waals surface area contributed by atoms with Crippen molar-refractivity contribution in [2.24, 2.45) is 0 Å². The monoisotopic (exact) mass is 913 g/mol. The van der Waals surface area contributed by atoms with Gasteiger partial charge in [-0.1, -0.05) is 156 Å². The first kappa shape index (κ1) is 53.1. The molecule has 4 rings (SSSR count). The lowest BCUT2D eigenvalue weighted by Gasteiger charge is -2.13. The van der Waals surface area contributed by atoms with Crippen molar-refractivity contribution in [3.8, 4) is 17.2 Å². The van der Waals surface area contributed by atoms with Crippen molar-refractivity contribution in [1.82, 2.24) is 0 Å². The molecule has 0 saturated heterocycles. The maximum atomic E-state index is 13.6. The second kappa shape index (κ2) is 30.6. The van der Waals surface area contributed by atoms with Crippen molar-refractivity contribution in [1.29, 1.82) is 0 Å². The number of hydrogen-bond acceptors (Lipinski definition) is 12. The largest absolute Gasteiger partial charge is 0.494 e. The highest BCUT2D eigenvalue weighted by Gasteiger charge is 2.26. The van der Waals surface area contributed by atoms with E-state index in [1.165, 1.54) is 113 Å². The molecule has 0 radical (unpaired) electrons. The van der Waals surface area contributed by atoms with Gasteiger partial charge in [0.15, 0.2) is 0 Å². The van der Waals surface area contributed by atoms with Crippen molar-refractivity contribution >= 4 is 35.8 Å². The van der Waals surface area contributed by atoms with Crippen LogP contribution in [-0.4, -0.2) is 55.6 Å². The molecule has 0 amide bonds. The van der Waals surface area contributed by atoms with Crippen LogP contribution >= 0.6 is 0 Å². The fourth-order valence-electron chi connectivity index (χ4n) is 7.64. The average Bonchev–Trinajstić information content (AvgIpc) is 3.31. The van der Waals surface area contributed by atoms with Crippen LogP contribution in [0.4, 0.5) is 0 Å². The lowest BCUT2D eigenvalue weighted by Crippen LogP contribution is -2.19. The minimum atomic E-state index is -1.13. The van der Waals surface area contributed by atoms with E-state index in [4.69, 9.17) is 28.4 Å². The Morgan fingerprint density at radius 1 is 0.273 bits per heavy atom. The molecule has 66 heavy (non-hydrogen) atoms. The van der Waals surface area contributed by atoms with Gasteiger partial charge >= 0.3 is 35.8 Å². The van der Waals surface area contributed by atoms with E-state index in [1.807, 2.05) is 0 Å². The Balaban J connectivity index is 1.61. The molecule has 0 aromatic heterocycles. The van der Waals surface area contributed by atoms with E-state index >= 15 is 0 Å². The first-order valence-corrected chi connectivity index (χ1v) is 24.7. The normalized spacial score (nSPS) is 13.1. The second-order valence-corrected chi connectivity index (χ2v) is 17.2. The molecular formula is C54H72O12. The van der Waals surface area contributed by atoms with Crippen molar-refractivity contribution in [3.05, 3.63) is 88.0 Å². The molecular weight excluding hydrogens is 841 g/mol. The molecule has 3 aromatic carbocycles. The van der Waals surface area contributed by atoms with Gasteiger partial charge in [-0.25, -0.2) is 28.8 Å². The maximum absolute atomic E-state index is 13.6. The molecule has 1 aliphatic rings. The van der Waals surface area contributed by atoms with Crippen molar-refractivity contribution in [3.63, 3.8) is 0 Å². The zero-order chi connectivity index (χ0) is 47.4. The molecule has 3 aromatic rings. The van der Waals surface area contributed by atoms with Gasteiger partial charge in [0.2, 0.25) is 0 Å². The van der Waals surface area contributed by atoms with Gasteiger partial charge in [0.1, 0.15) is 17.2 Å². The highest BCUT2D eigenvalue weighted by atomic mass is 16.6. The molecule has 0 N–H and O–H groups in total. The standard InChI is InChI=1S/C54H72O12/c1-4-7-10-13-16-19-22-25-28-61-46-34-40-31-41(35-46)50(56)65-52(58)43-33-45(39-48(37-43)63-30-27-24-21-18-15-12-9-6-3)54(60)66-53(59)44-32-42(51(57)64-49(40)55)36-47(38-44)62-29-26-23-20-17-14-11-8-5-2/h31-39H,4-30H2,1-3H3. The summed E-state index contributed by atoms with van der Waals surface area (Å²) in [6.07, 6.45) is 25.8. The Bertz CT molecular complexity index is 1700. The fraction of sp³-hybridized carbons (Fsp3) is 0.556. The van der Waals surface area contributed by atoms with Gasteiger partial charge in [-0.2, -0.15) is 0 Å². The van der Waals surface area contributed by atoms with E-state index < -0.39 is 35.8 Å². The van der Waals surface area contributed by atoms with Gasteiger partial charge < -0.3 is 28.4 Å². The van der Waals surface area contributed by atoms with Gasteiger partial charge in [0.05, 0.1) is 53.2 Å². The van der Waals surface area contributed by atoms with E-state index in [2.05, 4.69) is 20.8 Å². The molecule has 6 bridgehead atoms. The Morgan fingerprint density at radius 2 is 0.455 bits per heavy atom. The number of benzene rings is 3. The zero-order valence-corrected chi connectivity index (χ0v) is 39.7. The number of ether oxygens (including phenoxy) is 6. The Morgan fingerprint density at radius 3 is 0.652 bits per heavy atom. The van der Waals surface area contributed by atoms with Crippen LogP contribution in [0, 0.1) is 0 Å². The highest BCUT2D eigenvalue weighted by molar-refractivity contribution is 6.09. The number of cyclic esters (lactones) is 6. The van der Waals surface area contributed by atoms with Crippen molar-refractivity contribution in [2.75, 3.05) is 19.8 Å². The third kappa shape index (κ3) is 19.5. The third-order valence-corrected chi connectivity index (χ3v) is 11.5. The highest BCUT2D eigenvalue weighted by Crippen LogP contribution is 2.26. The summed E-state index contributed by atoms with van der Waals surface area (Å²) in [5, 5.41) is 0. The number of esters is 6. The molecule has 0 atom stereocenters. The van der Waals surface area contributed by atoms with Crippen LogP contribution < -0.4 is 14.2 Å². The predicted octanol–water partition coefficient (Wildman–Crippen LogP) is 13.6. The molecule has 1 heterocycles. The molecule has 0 fully saturated rings. The summed E-state index contributed by atoms with van der Waals surface area (Å²) < 4.78 is 33.8. The lowest BCUT2D eigenvalue weighted by molar-refractivity contribution is 0.0386. The Kier molecular flexibility index (Phi) is 24.7. The second-order valence-electron chi connectivity index (χ2n) is 17.2. The molecule has 0 spiro atoms. The summed E-state index contributed by atoms with van der Waals surface area (Å²) >= 11 is 0. The summed E-state index contributed by atoms with van der Waals surface area (Å²) in [6.45, 7) is 7.40. The summed E-state index contributed by atoms with van der Waals surface area (Å²) in [6, 6.07) is 11.5. The van der Waals surface area contributed by atoms with Gasteiger partial charge in [-0.05, 0) is 73.9 Å². The summed E-state index contributed by atoms with van der Waals surface area (Å²) in [4.78, 5) is 81.7. The molecule has 0 saturated carbocycles. The third-order valence-electron chi connectivity index (χ3n) is 11.5. The first-order valence-electron chi connectivity index (χ1n) is 24.7. The van der Waals surface area contributed by atoms with Gasteiger partial charge in [-0.15, -0.1) is 0 Å². The SMILES string of the molecule is CCCCCCCCCCOc1cc2cc(c1)C(=O)OC(=O)c1cc(OCCCCCCCCCC)cc(c1)C(=O)OC(=O)c1cc(OCCCCCCCCCC)cc(c1)C(=O)OC2=O. The van der Waals surface area contributed by atoms with E-state index in [9.17, 15) is 28.8 Å². The fourth-order valence-corrected chi connectivity index (χ4v) is 7.64. The first-order chi connectivity index (χ1) is 32.1. The van der Waals surface area contributed by atoms with E-state index in [0.29, 0.717) is 0 Å². The van der Waals surface area contributed by atoms with Gasteiger partial charge in [0.25, 0.3) is 0 Å². The minimum Gasteiger partial charge on any atom is -0.494 e. The van der Waals surface area contributed by atoms with Crippen LogP contribution in [-0.2, 0) is 14.2 Å². The minimum absolute atomic E-state index is 0.124. The average molecular weight is 913 g/mol. The zero-order valence-electron chi connectivity index (χ0n) is 39.7. The quantitative estimate of drug-likeness (QED) is 0.0270. The van der Waals surface area contributed by atoms with Crippen LogP contribution in [0.5, 0.6) is 17.2 Å². The molecule has 1 aliphatic heterocycles. The molecule has 0 unspecified atom stereocenters. The number of unbranched alkanes of at least 4 members (excludes halogenated alkanes) is 21. The molecule has 0 aliphatic carbocycles. The van der Waals surface area contributed by atoms with Crippen LogP contribution in [0.3, 0.4) is 0 Å². The van der Waals surface area contributed by atoms with Gasteiger partial charge in [-0.3, -0.25) is 0 Å². The van der Waals surface area contributed by atoms with Crippen LogP contribution in [0.1, 0.15) is 237 Å². The van der Waals surface area contributed by atoms with Crippen molar-refractivity contribution < 1.29 is 57.2 Å². The number of fused-ring (bicyclic) bond motifs is 6. The topological polar surface area (TPSA) is 158 Å². The van der Waals surface area contributed by atoms with Crippen LogP contribution in [0.25, 0.3) is 0 Å². The summed E-state index contributed by atoms with van der Waals surface area (Å²) in [7, 11) is 0. The van der Waals surface area contributed by atoms with Crippen LogP contribution in [0.2, 0.25) is 0 Å². The van der Waals surface area contributed by atoms with E-state index in [1.54, 1.807) is 0 Å². The number of carbonyl (C=O) groups is 6. The number of rotatable bonds is 30. The Labute approximate surface area is 391 Å². The van der Waals surface area contributed by atoms with E-state index in [-0.39, 0.29) is 70.4 Å². The van der Waals surface area contributed by atoms with Gasteiger partial charge in [0, 0.05) is 0 Å². The Hall–Kier alpha value is -5.52. The smallest absolute Gasteiger partial charge is 0.346 e. The predicted molar refractivity (Wildman–Crippen MR) is 253 cm³/mol. The number of carbonyl (C=O) groups excluding carboxylic acids is 6. The summed E-state index contributed by atoms with van der Waals surface area (Å²) in [5.74, 6) is -6.41. The number of hydrogen-bond donors (Lipinski definition) is 0. The van der Waals surface area contributed by atoms with Crippen molar-refractivity contribution in [2.45, 2.75) is 175 Å². The molecule has 360 valence electrons. The molecule has 12 heteroatoms. The lowest BCUT2D eigenvalue weighted by atomic mass is 10.1. The van der Waals surface area contributed by atoms with Crippen LogP contribution in [0.15, 0.2) is 54.6 Å². The van der Waals surface area contributed by atoms with E-state index in [0.717, 1.165) is 95.2 Å². The maximum Gasteiger partial charge on any atom is 0.346 e. The summed E-state index contributed by atoms with van der Waals surface area (Å²) in [5.41, 5.74) is -1.32. The molecule has 12 nitrogen and oxygen atoms in total.